The molecule has 0 N–H and O–H groups in total. The molecule has 0 fully saturated rings. The van der Waals surface area contributed by atoms with Crippen LogP contribution in [-0.4, -0.2) is 4.57 Å². The Morgan fingerprint density at radius 1 is 0.321 bits per heavy atom. The molecular formula is C54H36N2. The highest BCUT2D eigenvalue weighted by atomic mass is 15.1. The van der Waals surface area contributed by atoms with Crippen molar-refractivity contribution in [2.24, 2.45) is 0 Å². The van der Waals surface area contributed by atoms with Crippen molar-refractivity contribution in [3.8, 4) is 27.9 Å². The summed E-state index contributed by atoms with van der Waals surface area (Å²) in [5, 5.41) is 9.95. The summed E-state index contributed by atoms with van der Waals surface area (Å²) in [6, 6.07) is 79.5. The largest absolute Gasteiger partial charge is 0.309 e. The van der Waals surface area contributed by atoms with Crippen LogP contribution in [0.5, 0.6) is 0 Å². The molecule has 10 aromatic carbocycles. The number of anilines is 3. The maximum absolute atomic E-state index is 2.45. The predicted molar refractivity (Wildman–Crippen MR) is 239 cm³/mol. The third-order valence-electron chi connectivity index (χ3n) is 11.3. The molecule has 0 radical (unpaired) electrons. The van der Waals surface area contributed by atoms with E-state index in [1.807, 2.05) is 0 Å². The van der Waals surface area contributed by atoms with Gasteiger partial charge in [0.1, 0.15) is 0 Å². The summed E-state index contributed by atoms with van der Waals surface area (Å²) in [6.07, 6.45) is 0. The Hall–Kier alpha value is -7.42. The number of benzene rings is 10. The molecular weight excluding hydrogens is 677 g/mol. The average Bonchev–Trinajstić information content (AvgIpc) is 3.62. The van der Waals surface area contributed by atoms with E-state index in [0.29, 0.717) is 0 Å². The minimum Gasteiger partial charge on any atom is -0.309 e. The van der Waals surface area contributed by atoms with Crippen LogP contribution in [0.15, 0.2) is 218 Å². The number of rotatable bonds is 6. The molecule has 0 saturated heterocycles. The van der Waals surface area contributed by atoms with Crippen molar-refractivity contribution in [1.29, 1.82) is 0 Å². The van der Waals surface area contributed by atoms with Crippen LogP contribution in [0, 0.1) is 0 Å². The highest BCUT2D eigenvalue weighted by Crippen LogP contribution is 2.46. The van der Waals surface area contributed by atoms with Crippen LogP contribution in [0.25, 0.3) is 82.1 Å². The van der Waals surface area contributed by atoms with E-state index in [-0.39, 0.29) is 0 Å². The van der Waals surface area contributed by atoms with Crippen molar-refractivity contribution >= 4 is 71.2 Å². The van der Waals surface area contributed by atoms with E-state index in [2.05, 4.69) is 228 Å². The first kappa shape index (κ1) is 32.0. The smallest absolute Gasteiger partial charge is 0.0619 e. The van der Waals surface area contributed by atoms with Crippen molar-refractivity contribution in [2.45, 2.75) is 0 Å². The molecule has 2 nitrogen and oxygen atoms in total. The summed E-state index contributed by atoms with van der Waals surface area (Å²) in [7, 11) is 0. The lowest BCUT2D eigenvalue weighted by Gasteiger charge is -2.29. The molecule has 0 bridgehead atoms. The molecule has 11 rings (SSSR count). The van der Waals surface area contributed by atoms with E-state index >= 15 is 0 Å². The first-order chi connectivity index (χ1) is 27.8. The molecule has 0 unspecified atom stereocenters. The van der Waals surface area contributed by atoms with E-state index in [1.165, 1.54) is 76.4 Å². The van der Waals surface area contributed by atoms with Gasteiger partial charge >= 0.3 is 0 Å². The van der Waals surface area contributed by atoms with Crippen molar-refractivity contribution in [3.05, 3.63) is 218 Å². The first-order valence-corrected chi connectivity index (χ1v) is 19.3. The lowest BCUT2D eigenvalue weighted by molar-refractivity contribution is 1.19. The van der Waals surface area contributed by atoms with Gasteiger partial charge in [-0.3, -0.25) is 0 Å². The van der Waals surface area contributed by atoms with Crippen LogP contribution in [0.1, 0.15) is 0 Å². The minimum absolute atomic E-state index is 1.10. The number of para-hydroxylation sites is 2. The normalized spacial score (nSPS) is 11.6. The quantitative estimate of drug-likeness (QED) is 0.156. The summed E-state index contributed by atoms with van der Waals surface area (Å²) in [4.78, 5) is 2.45. The Labute approximate surface area is 325 Å². The van der Waals surface area contributed by atoms with Gasteiger partial charge in [-0.25, -0.2) is 0 Å². The van der Waals surface area contributed by atoms with Crippen LogP contribution in [0.3, 0.4) is 0 Å². The lowest BCUT2D eigenvalue weighted by Crippen LogP contribution is -2.12. The second-order valence-electron chi connectivity index (χ2n) is 14.5. The van der Waals surface area contributed by atoms with Crippen LogP contribution >= 0.6 is 0 Å². The molecule has 2 heteroatoms. The van der Waals surface area contributed by atoms with E-state index in [1.54, 1.807) is 0 Å². The molecule has 1 heterocycles. The number of hydrogen-bond acceptors (Lipinski definition) is 1. The van der Waals surface area contributed by atoms with Crippen molar-refractivity contribution < 1.29 is 0 Å². The standard InChI is InChI=1S/C54H36N2/c1-3-15-38(16-4-1)45-22-13-14-26-51(45)55(52-36-41-18-8-9-21-44(41)47-24-11-12-25-48(47)52)43-31-27-37(28-32-43)40-30-33-49-50-34-29-39-17-7-10-23-46(39)54(50)56(53(49)35-40)42-19-5-2-6-20-42/h1-36H. The van der Waals surface area contributed by atoms with Gasteiger partial charge in [-0.15, -0.1) is 0 Å². The molecule has 262 valence electrons. The zero-order valence-corrected chi connectivity index (χ0v) is 30.7. The van der Waals surface area contributed by atoms with Crippen LogP contribution in [0.2, 0.25) is 0 Å². The van der Waals surface area contributed by atoms with Gasteiger partial charge in [-0.05, 0) is 80.7 Å². The monoisotopic (exact) mass is 712 g/mol. The fraction of sp³-hybridized carbons (Fsp3) is 0. The number of fused-ring (bicyclic) bond motifs is 8. The van der Waals surface area contributed by atoms with Crippen molar-refractivity contribution in [1.82, 2.24) is 4.57 Å². The highest BCUT2D eigenvalue weighted by Gasteiger charge is 2.21. The molecule has 0 amide bonds. The highest BCUT2D eigenvalue weighted by molar-refractivity contribution is 6.19. The second-order valence-corrected chi connectivity index (χ2v) is 14.5. The molecule has 1 aromatic heterocycles. The van der Waals surface area contributed by atoms with Crippen LogP contribution in [-0.2, 0) is 0 Å². The Balaban J connectivity index is 1.11. The predicted octanol–water partition coefficient (Wildman–Crippen LogP) is 15.0. The SMILES string of the molecule is c1ccc(-c2ccccc2N(c2ccc(-c3ccc4c5ccc6ccccc6c5n(-c5ccccc5)c4c3)cc2)c2cc3ccccc3c3ccccc23)cc1. The zero-order chi connectivity index (χ0) is 37.0. The Kier molecular flexibility index (Phi) is 7.53. The maximum Gasteiger partial charge on any atom is 0.0619 e. The van der Waals surface area contributed by atoms with E-state index in [4.69, 9.17) is 0 Å². The summed E-state index contributed by atoms with van der Waals surface area (Å²) < 4.78 is 2.44. The number of hydrogen-bond donors (Lipinski definition) is 0. The molecule has 0 saturated carbocycles. The lowest BCUT2D eigenvalue weighted by atomic mass is 9.97. The van der Waals surface area contributed by atoms with Crippen molar-refractivity contribution in [3.63, 3.8) is 0 Å². The van der Waals surface area contributed by atoms with Crippen LogP contribution < -0.4 is 4.90 Å². The topological polar surface area (TPSA) is 8.17 Å². The number of aromatic nitrogens is 1. The van der Waals surface area contributed by atoms with Gasteiger partial charge in [0, 0.05) is 38.5 Å². The molecule has 0 atom stereocenters. The van der Waals surface area contributed by atoms with Gasteiger partial charge < -0.3 is 9.47 Å². The van der Waals surface area contributed by atoms with Gasteiger partial charge in [-0.2, -0.15) is 0 Å². The van der Waals surface area contributed by atoms with Gasteiger partial charge in [0.15, 0.2) is 0 Å². The molecule has 0 aliphatic carbocycles. The fourth-order valence-electron chi connectivity index (χ4n) is 8.76. The van der Waals surface area contributed by atoms with Gasteiger partial charge in [0.05, 0.1) is 22.4 Å². The van der Waals surface area contributed by atoms with Gasteiger partial charge in [0.2, 0.25) is 0 Å². The number of nitrogens with zero attached hydrogens (tertiary/aromatic N) is 2. The van der Waals surface area contributed by atoms with Gasteiger partial charge in [0.25, 0.3) is 0 Å². The summed E-state index contributed by atoms with van der Waals surface area (Å²) in [5.74, 6) is 0. The maximum atomic E-state index is 2.45. The summed E-state index contributed by atoms with van der Waals surface area (Å²) >= 11 is 0. The zero-order valence-electron chi connectivity index (χ0n) is 30.7. The fourth-order valence-corrected chi connectivity index (χ4v) is 8.76. The molecule has 0 aliphatic rings. The van der Waals surface area contributed by atoms with Crippen molar-refractivity contribution in [2.75, 3.05) is 4.90 Å². The Morgan fingerprint density at radius 3 is 1.73 bits per heavy atom. The molecule has 56 heavy (non-hydrogen) atoms. The van der Waals surface area contributed by atoms with E-state index in [9.17, 15) is 0 Å². The molecule has 0 aliphatic heterocycles. The van der Waals surface area contributed by atoms with E-state index in [0.717, 1.165) is 22.7 Å². The van der Waals surface area contributed by atoms with Crippen LogP contribution in [0.4, 0.5) is 17.1 Å². The van der Waals surface area contributed by atoms with Gasteiger partial charge in [-0.1, -0.05) is 176 Å². The summed E-state index contributed by atoms with van der Waals surface area (Å²) in [5.41, 5.74) is 11.7. The first-order valence-electron chi connectivity index (χ1n) is 19.3. The molecule has 11 aromatic rings. The third-order valence-corrected chi connectivity index (χ3v) is 11.3. The Bertz CT molecular complexity index is 3230. The Morgan fingerprint density at radius 2 is 0.929 bits per heavy atom. The summed E-state index contributed by atoms with van der Waals surface area (Å²) in [6.45, 7) is 0. The molecule has 0 spiro atoms. The second kappa shape index (κ2) is 13.2. The van der Waals surface area contributed by atoms with E-state index < -0.39 is 0 Å². The average molecular weight is 713 g/mol. The third kappa shape index (κ3) is 5.19. The minimum atomic E-state index is 1.10.